The highest BCUT2D eigenvalue weighted by Gasteiger charge is 2.24. The fraction of sp³-hybridized carbons (Fsp3) is 0.692. The second kappa shape index (κ2) is 45.1. The molecule has 0 aromatic heterocycles. The summed E-state index contributed by atoms with van der Waals surface area (Å²) in [5.74, 6) is -0.562. The maximum absolute atomic E-state index is 13.1. The van der Waals surface area contributed by atoms with Gasteiger partial charge in [0.25, 0.3) is 0 Å². The molecule has 0 aliphatic heterocycles. The van der Waals surface area contributed by atoms with Crippen LogP contribution in [0.1, 0.15) is 207 Å². The quantitative estimate of drug-likeness (QED) is 0.0247. The first-order chi connectivity index (χ1) is 28.5. The van der Waals surface area contributed by atoms with Gasteiger partial charge in [-0.1, -0.05) is 215 Å². The van der Waals surface area contributed by atoms with Crippen LogP contribution in [-0.2, 0) is 14.3 Å². The maximum Gasteiger partial charge on any atom is 0.306 e. The summed E-state index contributed by atoms with van der Waals surface area (Å²) in [5.41, 5.74) is 0. The summed E-state index contributed by atoms with van der Waals surface area (Å²) >= 11 is 0. The van der Waals surface area contributed by atoms with E-state index in [1.165, 1.54) is 89.9 Å². The first-order valence-electron chi connectivity index (χ1n) is 23.9. The smallest absolute Gasteiger partial charge is 0.306 e. The lowest BCUT2D eigenvalue weighted by atomic mass is 10.0. The van der Waals surface area contributed by atoms with E-state index in [4.69, 9.17) is 4.74 Å². The lowest BCUT2D eigenvalue weighted by Gasteiger charge is -2.24. The van der Waals surface area contributed by atoms with Crippen LogP contribution < -0.4 is 5.32 Å². The SMILES string of the molecule is CC\C=C/C=C/C=C/C=C\C=C\C=C\CCCCCC(=O)OC(CCC/C=C\CCCCCCCCC)CC(=O)NC(CO)C(O)CCCCCCCCCCCC. The Morgan fingerprint density at radius 2 is 0.966 bits per heavy atom. The molecule has 0 spiro atoms. The molecule has 0 heterocycles. The van der Waals surface area contributed by atoms with E-state index in [2.05, 4.69) is 56.5 Å². The molecule has 0 rings (SSSR count). The third-order valence-electron chi connectivity index (χ3n) is 10.4. The van der Waals surface area contributed by atoms with Gasteiger partial charge in [-0.05, 0) is 64.2 Å². The van der Waals surface area contributed by atoms with Crippen LogP contribution in [0.25, 0.3) is 0 Å². The van der Waals surface area contributed by atoms with E-state index in [9.17, 15) is 19.8 Å². The van der Waals surface area contributed by atoms with Crippen LogP contribution >= 0.6 is 0 Å². The van der Waals surface area contributed by atoms with E-state index < -0.39 is 18.2 Å². The third kappa shape index (κ3) is 39.8. The second-order valence-electron chi connectivity index (χ2n) is 15.9. The molecule has 0 saturated carbocycles. The van der Waals surface area contributed by atoms with E-state index in [1.807, 2.05) is 54.7 Å². The monoisotopic (exact) mass is 808 g/mol. The van der Waals surface area contributed by atoms with Gasteiger partial charge in [0.05, 0.1) is 25.2 Å². The lowest BCUT2D eigenvalue weighted by Crippen LogP contribution is -2.46. The Labute approximate surface area is 357 Å². The van der Waals surface area contributed by atoms with Crippen molar-refractivity contribution in [2.75, 3.05) is 6.61 Å². The highest BCUT2D eigenvalue weighted by molar-refractivity contribution is 5.77. The van der Waals surface area contributed by atoms with E-state index in [0.29, 0.717) is 19.3 Å². The Bertz CT molecular complexity index is 1130. The largest absolute Gasteiger partial charge is 0.462 e. The predicted molar refractivity (Wildman–Crippen MR) is 250 cm³/mol. The molecule has 3 atom stereocenters. The van der Waals surface area contributed by atoms with Gasteiger partial charge in [-0.25, -0.2) is 0 Å². The molecule has 0 saturated heterocycles. The lowest BCUT2D eigenvalue weighted by molar-refractivity contribution is -0.151. The van der Waals surface area contributed by atoms with E-state index >= 15 is 0 Å². The van der Waals surface area contributed by atoms with Crippen LogP contribution in [0.5, 0.6) is 0 Å². The van der Waals surface area contributed by atoms with Crippen molar-refractivity contribution in [2.45, 2.75) is 225 Å². The summed E-state index contributed by atoms with van der Waals surface area (Å²) in [5, 5.41) is 23.6. The second-order valence-corrected chi connectivity index (χ2v) is 15.9. The number of aliphatic hydroxyl groups is 2. The Morgan fingerprint density at radius 1 is 0.517 bits per heavy atom. The number of carbonyl (C=O) groups excluding carboxylic acids is 2. The fourth-order valence-electron chi connectivity index (χ4n) is 6.75. The normalized spacial score (nSPS) is 14.1. The van der Waals surface area contributed by atoms with Gasteiger partial charge in [0.2, 0.25) is 5.91 Å². The highest BCUT2D eigenvalue weighted by atomic mass is 16.5. The predicted octanol–water partition coefficient (Wildman–Crippen LogP) is 14.0. The molecule has 3 unspecified atom stereocenters. The molecule has 0 fully saturated rings. The van der Waals surface area contributed by atoms with E-state index in [1.54, 1.807) is 0 Å². The van der Waals surface area contributed by atoms with Crippen molar-refractivity contribution in [3.63, 3.8) is 0 Å². The molecule has 6 heteroatoms. The highest BCUT2D eigenvalue weighted by Crippen LogP contribution is 2.16. The van der Waals surface area contributed by atoms with Gasteiger partial charge < -0.3 is 20.3 Å². The van der Waals surface area contributed by atoms with Crippen molar-refractivity contribution in [3.05, 3.63) is 85.1 Å². The van der Waals surface area contributed by atoms with Gasteiger partial charge in [-0.15, -0.1) is 0 Å². The summed E-state index contributed by atoms with van der Waals surface area (Å²) in [6.45, 7) is 6.28. The van der Waals surface area contributed by atoms with Gasteiger partial charge in [0.1, 0.15) is 6.10 Å². The van der Waals surface area contributed by atoms with Crippen molar-refractivity contribution >= 4 is 11.9 Å². The summed E-state index contributed by atoms with van der Waals surface area (Å²) < 4.78 is 5.87. The van der Waals surface area contributed by atoms with Crippen molar-refractivity contribution in [2.24, 2.45) is 0 Å². The average Bonchev–Trinajstić information content (AvgIpc) is 3.22. The molecule has 3 N–H and O–H groups in total. The van der Waals surface area contributed by atoms with Gasteiger partial charge in [0.15, 0.2) is 0 Å². The molecule has 0 aromatic rings. The molecule has 1 amide bonds. The standard InChI is InChI=1S/C52H89NO5/c1-4-7-10-13-16-19-22-24-25-26-27-28-30-33-36-39-42-45-52(57)58-48(43-40-37-34-31-29-23-20-17-14-11-8-5-2)46-51(56)53-49(47-54)50(55)44-41-38-35-32-21-18-15-12-9-6-3/h7,10,13,16,19,22,24-28,30-31,34,48-50,54-55H,4-6,8-9,11-12,14-15,17-18,20-21,23,29,32-33,35-47H2,1-3H3,(H,53,56)/b10-7-,16-13+,22-19+,25-24-,27-26+,30-28+,34-31-. The first kappa shape index (κ1) is 55.0. The van der Waals surface area contributed by atoms with Gasteiger partial charge in [0, 0.05) is 6.42 Å². The van der Waals surface area contributed by atoms with Crippen LogP contribution in [0.3, 0.4) is 0 Å². The minimum atomic E-state index is -0.804. The third-order valence-corrected chi connectivity index (χ3v) is 10.4. The zero-order chi connectivity index (χ0) is 42.4. The zero-order valence-corrected chi connectivity index (χ0v) is 37.6. The number of rotatable bonds is 41. The number of aliphatic hydroxyl groups excluding tert-OH is 2. The van der Waals surface area contributed by atoms with E-state index in [0.717, 1.165) is 70.6 Å². The number of ether oxygens (including phenoxy) is 1. The molecule has 58 heavy (non-hydrogen) atoms. The topological polar surface area (TPSA) is 95.9 Å². The summed E-state index contributed by atoms with van der Waals surface area (Å²) in [4.78, 5) is 26.0. The van der Waals surface area contributed by atoms with Gasteiger partial charge in [-0.3, -0.25) is 9.59 Å². The summed E-state index contributed by atoms with van der Waals surface area (Å²) in [6, 6.07) is -0.722. The number of carbonyl (C=O) groups is 2. The molecule has 0 aliphatic carbocycles. The molecular weight excluding hydrogens is 719 g/mol. The number of nitrogens with one attached hydrogen (secondary N) is 1. The van der Waals surface area contributed by atoms with Crippen LogP contribution in [-0.4, -0.2) is 46.9 Å². The number of hydrogen-bond acceptors (Lipinski definition) is 5. The molecule has 6 nitrogen and oxygen atoms in total. The van der Waals surface area contributed by atoms with Crippen LogP contribution in [0.2, 0.25) is 0 Å². The molecule has 332 valence electrons. The van der Waals surface area contributed by atoms with Crippen LogP contribution in [0.4, 0.5) is 0 Å². The first-order valence-corrected chi connectivity index (χ1v) is 23.9. The summed E-state index contributed by atoms with van der Waals surface area (Å²) in [7, 11) is 0. The van der Waals surface area contributed by atoms with Gasteiger partial charge >= 0.3 is 5.97 Å². The Balaban J connectivity index is 4.73. The minimum absolute atomic E-state index is 0.0342. The Kier molecular flexibility index (Phi) is 42.8. The zero-order valence-electron chi connectivity index (χ0n) is 37.6. The van der Waals surface area contributed by atoms with Crippen molar-refractivity contribution in [3.8, 4) is 0 Å². The molecular formula is C52H89NO5. The maximum atomic E-state index is 13.1. The fourth-order valence-corrected chi connectivity index (χ4v) is 6.75. The van der Waals surface area contributed by atoms with Crippen molar-refractivity contribution in [1.29, 1.82) is 0 Å². The summed E-state index contributed by atoms with van der Waals surface area (Å²) in [6.07, 6.45) is 57.8. The van der Waals surface area contributed by atoms with Gasteiger partial charge in [-0.2, -0.15) is 0 Å². The van der Waals surface area contributed by atoms with Crippen molar-refractivity contribution in [1.82, 2.24) is 5.32 Å². The molecule has 0 aromatic carbocycles. The number of amides is 1. The molecule has 0 radical (unpaired) electrons. The number of esters is 1. The minimum Gasteiger partial charge on any atom is -0.462 e. The number of hydrogen-bond donors (Lipinski definition) is 3. The van der Waals surface area contributed by atoms with Crippen LogP contribution in [0, 0.1) is 0 Å². The average molecular weight is 808 g/mol. The van der Waals surface area contributed by atoms with Crippen molar-refractivity contribution < 1.29 is 24.5 Å². The Hall–Kier alpha value is -2.96. The Morgan fingerprint density at radius 3 is 1.50 bits per heavy atom. The number of unbranched alkanes of at least 4 members (excludes halogenated alkanes) is 20. The van der Waals surface area contributed by atoms with E-state index in [-0.39, 0.29) is 24.9 Å². The molecule has 0 aliphatic rings. The van der Waals surface area contributed by atoms with Crippen LogP contribution in [0.15, 0.2) is 85.1 Å². The molecule has 0 bridgehead atoms. The number of allylic oxidation sites excluding steroid dienone is 14.